The summed E-state index contributed by atoms with van der Waals surface area (Å²) in [4.78, 5) is 28.6. The number of piperazine rings is 1. The average Bonchev–Trinajstić information content (AvgIpc) is 2.69. The summed E-state index contributed by atoms with van der Waals surface area (Å²) in [5.74, 6) is 0.131. The normalized spacial score (nSPS) is 14.2. The van der Waals surface area contributed by atoms with Crippen molar-refractivity contribution in [2.75, 3.05) is 33.3 Å². The van der Waals surface area contributed by atoms with Gasteiger partial charge in [-0.05, 0) is 29.8 Å². The third-order valence-corrected chi connectivity index (χ3v) is 4.53. The van der Waals surface area contributed by atoms with Crippen LogP contribution in [0.1, 0.15) is 15.9 Å². The maximum absolute atomic E-state index is 12.9. The van der Waals surface area contributed by atoms with Crippen LogP contribution in [-0.2, 0) is 11.2 Å². The van der Waals surface area contributed by atoms with E-state index in [0.29, 0.717) is 37.5 Å². The second-order valence-electron chi connectivity index (χ2n) is 6.18. The molecule has 0 radical (unpaired) electrons. The fraction of sp³-hybridized carbons (Fsp3) is 0.300. The third-order valence-electron chi connectivity index (χ3n) is 4.53. The van der Waals surface area contributed by atoms with Gasteiger partial charge in [-0.25, -0.2) is 4.39 Å². The van der Waals surface area contributed by atoms with Crippen LogP contribution in [0.3, 0.4) is 0 Å². The number of para-hydroxylation sites is 1. The quantitative estimate of drug-likeness (QED) is 0.845. The summed E-state index contributed by atoms with van der Waals surface area (Å²) < 4.78 is 18.2. The number of hydrogen-bond donors (Lipinski definition) is 0. The number of amides is 2. The van der Waals surface area contributed by atoms with Crippen molar-refractivity contribution in [2.24, 2.45) is 0 Å². The van der Waals surface area contributed by atoms with Crippen molar-refractivity contribution in [2.45, 2.75) is 6.42 Å². The highest BCUT2D eigenvalue weighted by Gasteiger charge is 2.26. The molecule has 1 aliphatic rings. The molecule has 3 rings (SSSR count). The van der Waals surface area contributed by atoms with Crippen LogP contribution in [0.25, 0.3) is 0 Å². The molecule has 0 saturated carbocycles. The van der Waals surface area contributed by atoms with Gasteiger partial charge in [-0.15, -0.1) is 0 Å². The van der Waals surface area contributed by atoms with Crippen molar-refractivity contribution in [3.63, 3.8) is 0 Å². The van der Waals surface area contributed by atoms with Crippen LogP contribution in [-0.4, -0.2) is 54.9 Å². The molecule has 0 aliphatic carbocycles. The first kappa shape index (κ1) is 17.9. The van der Waals surface area contributed by atoms with E-state index in [9.17, 15) is 14.0 Å². The summed E-state index contributed by atoms with van der Waals surface area (Å²) in [6, 6.07) is 13.1. The van der Waals surface area contributed by atoms with Gasteiger partial charge in [-0.2, -0.15) is 0 Å². The monoisotopic (exact) mass is 356 g/mol. The first-order chi connectivity index (χ1) is 12.6. The fourth-order valence-electron chi connectivity index (χ4n) is 3.04. The molecule has 26 heavy (non-hydrogen) atoms. The van der Waals surface area contributed by atoms with Gasteiger partial charge in [0.15, 0.2) is 0 Å². The molecule has 0 aromatic heterocycles. The van der Waals surface area contributed by atoms with Crippen LogP contribution in [0.15, 0.2) is 48.5 Å². The number of ether oxygens (including phenoxy) is 1. The van der Waals surface area contributed by atoms with Crippen molar-refractivity contribution in [3.05, 3.63) is 65.5 Å². The first-order valence-corrected chi connectivity index (χ1v) is 8.53. The van der Waals surface area contributed by atoms with Crippen molar-refractivity contribution >= 4 is 11.8 Å². The van der Waals surface area contributed by atoms with Crippen LogP contribution in [0.2, 0.25) is 0 Å². The zero-order chi connectivity index (χ0) is 18.5. The van der Waals surface area contributed by atoms with Crippen LogP contribution >= 0.6 is 0 Å². The molecule has 2 amide bonds. The highest BCUT2D eigenvalue weighted by atomic mass is 19.1. The Bertz CT molecular complexity index is 784. The van der Waals surface area contributed by atoms with Crippen molar-refractivity contribution in [3.8, 4) is 5.75 Å². The van der Waals surface area contributed by atoms with E-state index in [2.05, 4.69) is 0 Å². The van der Waals surface area contributed by atoms with E-state index < -0.39 is 0 Å². The zero-order valence-electron chi connectivity index (χ0n) is 14.7. The minimum absolute atomic E-state index is 0.0130. The van der Waals surface area contributed by atoms with Gasteiger partial charge in [0.2, 0.25) is 5.91 Å². The molecule has 1 saturated heterocycles. The minimum atomic E-state index is -0.315. The van der Waals surface area contributed by atoms with Crippen LogP contribution < -0.4 is 4.74 Å². The molecule has 1 heterocycles. The smallest absolute Gasteiger partial charge is 0.257 e. The van der Waals surface area contributed by atoms with Crippen LogP contribution in [0, 0.1) is 5.82 Å². The Balaban J connectivity index is 1.57. The Morgan fingerprint density at radius 1 is 0.962 bits per heavy atom. The number of hydrogen-bond acceptors (Lipinski definition) is 3. The largest absolute Gasteiger partial charge is 0.496 e. The summed E-state index contributed by atoms with van der Waals surface area (Å²) >= 11 is 0. The van der Waals surface area contributed by atoms with Crippen molar-refractivity contribution in [1.82, 2.24) is 9.80 Å². The molecule has 136 valence electrons. The topological polar surface area (TPSA) is 49.9 Å². The molecule has 0 atom stereocenters. The Morgan fingerprint density at radius 2 is 1.58 bits per heavy atom. The number of benzene rings is 2. The van der Waals surface area contributed by atoms with Crippen molar-refractivity contribution in [1.29, 1.82) is 0 Å². The summed E-state index contributed by atoms with van der Waals surface area (Å²) in [6.07, 6.45) is 0.237. The van der Waals surface area contributed by atoms with Gasteiger partial charge in [-0.3, -0.25) is 9.59 Å². The number of methoxy groups -OCH3 is 1. The molecule has 0 unspecified atom stereocenters. The van der Waals surface area contributed by atoms with Crippen molar-refractivity contribution < 1.29 is 18.7 Å². The molecule has 5 nitrogen and oxygen atoms in total. The van der Waals surface area contributed by atoms with Gasteiger partial charge in [0.25, 0.3) is 5.91 Å². The minimum Gasteiger partial charge on any atom is -0.496 e. The molecule has 2 aromatic carbocycles. The van der Waals surface area contributed by atoms with E-state index >= 15 is 0 Å². The Morgan fingerprint density at radius 3 is 2.23 bits per heavy atom. The molecule has 2 aromatic rings. The molecule has 0 bridgehead atoms. The predicted molar refractivity (Wildman–Crippen MR) is 95.6 cm³/mol. The molecular formula is C20H21FN2O3. The van der Waals surface area contributed by atoms with E-state index in [1.54, 1.807) is 40.1 Å². The summed E-state index contributed by atoms with van der Waals surface area (Å²) in [6.45, 7) is 1.93. The maximum atomic E-state index is 12.9. The van der Waals surface area contributed by atoms with Gasteiger partial charge in [0.05, 0.1) is 19.1 Å². The van der Waals surface area contributed by atoms with Gasteiger partial charge in [0, 0.05) is 26.2 Å². The van der Waals surface area contributed by atoms with Gasteiger partial charge >= 0.3 is 0 Å². The second kappa shape index (κ2) is 7.99. The van der Waals surface area contributed by atoms with E-state index in [-0.39, 0.29) is 24.1 Å². The number of halogens is 1. The lowest BCUT2D eigenvalue weighted by Crippen LogP contribution is -2.51. The van der Waals surface area contributed by atoms with Gasteiger partial charge in [-0.1, -0.05) is 24.3 Å². The molecule has 0 N–H and O–H groups in total. The summed E-state index contributed by atoms with van der Waals surface area (Å²) in [5, 5.41) is 0. The number of carbonyl (C=O) groups excluding carboxylic acids is 2. The van der Waals surface area contributed by atoms with Gasteiger partial charge < -0.3 is 14.5 Å². The molecule has 1 aliphatic heterocycles. The highest BCUT2D eigenvalue weighted by molar-refractivity contribution is 5.97. The summed E-state index contributed by atoms with van der Waals surface area (Å²) in [5.41, 5.74) is 1.31. The SMILES string of the molecule is COc1ccccc1C(=O)N1CCN(C(=O)Cc2ccc(F)cc2)CC1. The average molecular weight is 356 g/mol. The summed E-state index contributed by atoms with van der Waals surface area (Å²) in [7, 11) is 1.54. The van der Waals surface area contributed by atoms with Crippen LogP contribution in [0.5, 0.6) is 5.75 Å². The van der Waals surface area contributed by atoms with E-state index in [4.69, 9.17) is 4.74 Å². The maximum Gasteiger partial charge on any atom is 0.257 e. The first-order valence-electron chi connectivity index (χ1n) is 8.53. The Labute approximate surface area is 152 Å². The number of nitrogens with zero attached hydrogens (tertiary/aromatic N) is 2. The number of carbonyl (C=O) groups is 2. The number of rotatable bonds is 4. The molecule has 0 spiro atoms. The predicted octanol–water partition coefficient (Wildman–Crippen LogP) is 2.36. The Hall–Kier alpha value is -2.89. The molecule has 6 heteroatoms. The Kier molecular flexibility index (Phi) is 5.51. The molecule has 1 fully saturated rings. The lowest BCUT2D eigenvalue weighted by molar-refractivity contribution is -0.131. The third kappa shape index (κ3) is 4.02. The lowest BCUT2D eigenvalue weighted by Gasteiger charge is -2.35. The van der Waals surface area contributed by atoms with Gasteiger partial charge in [0.1, 0.15) is 11.6 Å². The molecular weight excluding hydrogens is 335 g/mol. The fourth-order valence-corrected chi connectivity index (χ4v) is 3.04. The van der Waals surface area contributed by atoms with E-state index in [1.807, 2.05) is 6.07 Å². The van der Waals surface area contributed by atoms with Crippen LogP contribution in [0.4, 0.5) is 4.39 Å². The van der Waals surface area contributed by atoms with E-state index in [0.717, 1.165) is 5.56 Å². The van der Waals surface area contributed by atoms with E-state index in [1.165, 1.54) is 19.2 Å². The highest BCUT2D eigenvalue weighted by Crippen LogP contribution is 2.20. The lowest BCUT2D eigenvalue weighted by atomic mass is 10.1. The second-order valence-corrected chi connectivity index (χ2v) is 6.18. The standard InChI is InChI=1S/C20H21FN2O3/c1-26-18-5-3-2-4-17(18)20(25)23-12-10-22(11-13-23)19(24)14-15-6-8-16(21)9-7-15/h2-9H,10-14H2,1H3. The zero-order valence-corrected chi connectivity index (χ0v) is 14.7.